The summed E-state index contributed by atoms with van der Waals surface area (Å²) < 4.78 is 0. The van der Waals surface area contributed by atoms with E-state index in [-0.39, 0.29) is 5.76 Å². The Morgan fingerprint density at radius 2 is 1.56 bits per heavy atom. The zero-order valence-corrected chi connectivity index (χ0v) is 13.0. The van der Waals surface area contributed by atoms with Gasteiger partial charge in [0.15, 0.2) is 0 Å². The average molecular weight is 252 g/mol. The molecule has 0 aliphatic rings. The fraction of sp³-hybridized carbons (Fsp3) is 0.647. The standard InChI is InChI=1S/C14H24O.C3H8/c1-6-11(2)7-8-12(3)13(4)9-10-14(5)15;1-3-2/h9-12,15H,4-8H2,1-3H3;3H2,1-2H3/b10-9-;. The maximum Gasteiger partial charge on any atom is 0.108 e. The summed E-state index contributed by atoms with van der Waals surface area (Å²) in [4.78, 5) is 0. The van der Waals surface area contributed by atoms with Crippen LogP contribution >= 0.6 is 0 Å². The molecule has 1 nitrogen and oxygen atoms in total. The molecule has 0 bridgehead atoms. The van der Waals surface area contributed by atoms with Crippen molar-refractivity contribution < 1.29 is 5.11 Å². The van der Waals surface area contributed by atoms with Gasteiger partial charge in [-0.2, -0.15) is 0 Å². The highest BCUT2D eigenvalue weighted by molar-refractivity contribution is 5.22. The van der Waals surface area contributed by atoms with Gasteiger partial charge in [0.1, 0.15) is 5.76 Å². The van der Waals surface area contributed by atoms with Gasteiger partial charge in [-0.3, -0.25) is 0 Å². The molecule has 0 radical (unpaired) electrons. The van der Waals surface area contributed by atoms with Gasteiger partial charge in [-0.05, 0) is 24.3 Å². The van der Waals surface area contributed by atoms with E-state index in [4.69, 9.17) is 5.11 Å². The van der Waals surface area contributed by atoms with E-state index < -0.39 is 0 Å². The predicted molar refractivity (Wildman–Crippen MR) is 83.9 cm³/mol. The summed E-state index contributed by atoms with van der Waals surface area (Å²) in [6.45, 7) is 18.3. The van der Waals surface area contributed by atoms with Crippen molar-refractivity contribution in [2.45, 2.75) is 60.3 Å². The summed E-state index contributed by atoms with van der Waals surface area (Å²) in [5, 5.41) is 8.92. The minimum Gasteiger partial charge on any atom is -0.509 e. The molecule has 0 rings (SSSR count). The quantitative estimate of drug-likeness (QED) is 0.432. The van der Waals surface area contributed by atoms with Crippen molar-refractivity contribution in [1.82, 2.24) is 0 Å². The summed E-state index contributed by atoms with van der Waals surface area (Å²) in [7, 11) is 0. The van der Waals surface area contributed by atoms with Gasteiger partial charge in [-0.15, -0.1) is 0 Å². The van der Waals surface area contributed by atoms with E-state index in [9.17, 15) is 0 Å². The molecule has 2 atom stereocenters. The van der Waals surface area contributed by atoms with E-state index in [0.717, 1.165) is 17.9 Å². The van der Waals surface area contributed by atoms with Crippen LogP contribution in [0.25, 0.3) is 0 Å². The van der Waals surface area contributed by atoms with E-state index in [1.807, 2.05) is 6.08 Å². The van der Waals surface area contributed by atoms with Crippen molar-refractivity contribution in [2.75, 3.05) is 0 Å². The van der Waals surface area contributed by atoms with Crippen LogP contribution in [0.4, 0.5) is 0 Å². The smallest absolute Gasteiger partial charge is 0.108 e. The molecule has 1 heteroatoms. The minimum absolute atomic E-state index is 0.0882. The van der Waals surface area contributed by atoms with E-state index in [2.05, 4.69) is 47.8 Å². The highest BCUT2D eigenvalue weighted by Gasteiger charge is 2.06. The lowest BCUT2D eigenvalue weighted by atomic mass is 9.92. The molecule has 0 amide bonds. The number of hydrogen-bond acceptors (Lipinski definition) is 1. The SMILES string of the molecule is C=C(O)/C=C\C(=C)C(C)CCC(C)CC.CCC. The fourth-order valence-corrected chi connectivity index (χ4v) is 1.29. The van der Waals surface area contributed by atoms with Gasteiger partial charge in [0.2, 0.25) is 0 Å². The van der Waals surface area contributed by atoms with Crippen LogP contribution in [0.1, 0.15) is 60.3 Å². The van der Waals surface area contributed by atoms with Crippen molar-refractivity contribution in [3.05, 3.63) is 36.6 Å². The topological polar surface area (TPSA) is 20.2 Å². The lowest BCUT2D eigenvalue weighted by Gasteiger charge is -2.14. The zero-order chi connectivity index (χ0) is 14.6. The Morgan fingerprint density at radius 3 is 1.94 bits per heavy atom. The van der Waals surface area contributed by atoms with Gasteiger partial charge >= 0.3 is 0 Å². The molecule has 0 fully saturated rings. The van der Waals surface area contributed by atoms with Crippen LogP contribution in [0.15, 0.2) is 36.6 Å². The molecule has 1 N–H and O–H groups in total. The average Bonchev–Trinajstić information content (AvgIpc) is 2.33. The van der Waals surface area contributed by atoms with E-state index in [0.29, 0.717) is 5.92 Å². The number of allylic oxidation sites excluding steroid dienone is 3. The van der Waals surface area contributed by atoms with Crippen LogP contribution in [0.2, 0.25) is 0 Å². The molecule has 0 aliphatic heterocycles. The molecule has 0 aromatic carbocycles. The Kier molecular flexibility index (Phi) is 13.4. The molecule has 18 heavy (non-hydrogen) atoms. The third kappa shape index (κ3) is 13.1. The number of rotatable bonds is 7. The van der Waals surface area contributed by atoms with E-state index >= 15 is 0 Å². The summed E-state index contributed by atoms with van der Waals surface area (Å²) in [5.41, 5.74) is 1.06. The number of aliphatic hydroxyl groups excluding tert-OH is 1. The summed E-state index contributed by atoms with van der Waals surface area (Å²) in [6.07, 6.45) is 8.34. The van der Waals surface area contributed by atoms with Gasteiger partial charge in [-0.25, -0.2) is 0 Å². The summed E-state index contributed by atoms with van der Waals surface area (Å²) in [6, 6.07) is 0. The number of aliphatic hydroxyl groups is 1. The Labute approximate surface area is 114 Å². The molecule has 2 unspecified atom stereocenters. The van der Waals surface area contributed by atoms with E-state index in [1.54, 1.807) is 6.08 Å². The van der Waals surface area contributed by atoms with Gasteiger partial charge in [0, 0.05) is 0 Å². The lowest BCUT2D eigenvalue weighted by Crippen LogP contribution is -2.00. The molecule has 0 heterocycles. The number of hydrogen-bond donors (Lipinski definition) is 1. The van der Waals surface area contributed by atoms with Crippen molar-refractivity contribution in [1.29, 1.82) is 0 Å². The molecule has 0 aromatic heterocycles. The Morgan fingerprint density at radius 1 is 1.06 bits per heavy atom. The first-order valence-corrected chi connectivity index (χ1v) is 7.13. The maximum atomic E-state index is 8.92. The van der Waals surface area contributed by atoms with Gasteiger partial charge < -0.3 is 5.11 Å². The molecule has 0 saturated heterocycles. The fourth-order valence-electron chi connectivity index (χ4n) is 1.29. The van der Waals surface area contributed by atoms with Crippen molar-refractivity contribution in [3.63, 3.8) is 0 Å². The first-order chi connectivity index (χ1) is 8.38. The largest absolute Gasteiger partial charge is 0.509 e. The lowest BCUT2D eigenvalue weighted by molar-refractivity contribution is 0.434. The van der Waals surface area contributed by atoms with Crippen LogP contribution < -0.4 is 0 Å². The third-order valence-electron chi connectivity index (χ3n) is 2.91. The molecular weight excluding hydrogens is 220 g/mol. The van der Waals surface area contributed by atoms with Crippen molar-refractivity contribution >= 4 is 0 Å². The summed E-state index contributed by atoms with van der Waals surface area (Å²) >= 11 is 0. The van der Waals surface area contributed by atoms with Crippen LogP contribution in [0.3, 0.4) is 0 Å². The van der Waals surface area contributed by atoms with Gasteiger partial charge in [-0.1, -0.05) is 78.7 Å². The Bertz CT molecular complexity index is 250. The van der Waals surface area contributed by atoms with Crippen LogP contribution in [0, 0.1) is 11.8 Å². The van der Waals surface area contributed by atoms with Gasteiger partial charge in [0.25, 0.3) is 0 Å². The first-order valence-electron chi connectivity index (χ1n) is 7.13. The zero-order valence-electron chi connectivity index (χ0n) is 13.0. The van der Waals surface area contributed by atoms with Crippen LogP contribution in [0.5, 0.6) is 0 Å². The second-order valence-electron chi connectivity index (χ2n) is 5.10. The third-order valence-corrected chi connectivity index (χ3v) is 2.91. The monoisotopic (exact) mass is 252 g/mol. The Balaban J connectivity index is 0. The molecule has 0 aliphatic carbocycles. The van der Waals surface area contributed by atoms with Crippen LogP contribution in [-0.4, -0.2) is 5.11 Å². The van der Waals surface area contributed by atoms with Crippen molar-refractivity contribution in [3.8, 4) is 0 Å². The van der Waals surface area contributed by atoms with E-state index in [1.165, 1.54) is 19.3 Å². The molecule has 0 saturated carbocycles. The highest BCUT2D eigenvalue weighted by atomic mass is 16.3. The summed E-state index contributed by atoms with van der Waals surface area (Å²) in [5.74, 6) is 1.36. The molecular formula is C17H32O. The highest BCUT2D eigenvalue weighted by Crippen LogP contribution is 2.20. The second-order valence-corrected chi connectivity index (χ2v) is 5.10. The predicted octanol–water partition coefficient (Wildman–Crippen LogP) is 6.05. The molecule has 0 aromatic rings. The molecule has 106 valence electrons. The van der Waals surface area contributed by atoms with Gasteiger partial charge in [0.05, 0.1) is 0 Å². The minimum atomic E-state index is 0.0882. The normalized spacial score (nSPS) is 13.6. The second kappa shape index (κ2) is 12.5. The maximum absolute atomic E-state index is 8.92. The van der Waals surface area contributed by atoms with Crippen LogP contribution in [-0.2, 0) is 0 Å². The first kappa shape index (κ1) is 19.4. The van der Waals surface area contributed by atoms with Crippen molar-refractivity contribution in [2.24, 2.45) is 11.8 Å². The molecule has 0 spiro atoms. The Hall–Kier alpha value is -0.980.